The minimum Gasteiger partial charge on any atom is -0.481 e. The van der Waals surface area contributed by atoms with E-state index < -0.39 is 6.10 Å². The molecule has 1 aliphatic heterocycles. The Labute approximate surface area is 134 Å². The summed E-state index contributed by atoms with van der Waals surface area (Å²) >= 11 is 11.7. The van der Waals surface area contributed by atoms with Crippen LogP contribution in [0.3, 0.4) is 0 Å². The van der Waals surface area contributed by atoms with Gasteiger partial charge in [-0.25, -0.2) is 0 Å². The fourth-order valence-electron chi connectivity index (χ4n) is 2.36. The molecular formula is C15H19Cl2NO3. The molecule has 4 nitrogen and oxygen atoms in total. The monoisotopic (exact) mass is 331 g/mol. The Hall–Kier alpha value is -0.970. The van der Waals surface area contributed by atoms with Crippen LogP contribution in [0, 0.1) is 0 Å². The summed E-state index contributed by atoms with van der Waals surface area (Å²) in [5.74, 6) is 0.885. The van der Waals surface area contributed by atoms with Gasteiger partial charge >= 0.3 is 0 Å². The molecule has 0 saturated carbocycles. The SMILES string of the molecule is CC1CN(C(=O)C(C)Oc2cccc(Cl)c2)CC(CCl)O1. The molecule has 0 bridgehead atoms. The lowest BCUT2D eigenvalue weighted by atomic mass is 10.2. The van der Waals surface area contributed by atoms with Crippen LogP contribution in [0.4, 0.5) is 0 Å². The molecule has 1 amide bonds. The normalized spacial score (nSPS) is 23.7. The lowest BCUT2D eigenvalue weighted by Crippen LogP contribution is -2.53. The van der Waals surface area contributed by atoms with E-state index in [-0.39, 0.29) is 18.1 Å². The van der Waals surface area contributed by atoms with Gasteiger partial charge in [-0.1, -0.05) is 17.7 Å². The molecule has 1 aliphatic rings. The molecular weight excluding hydrogens is 313 g/mol. The Morgan fingerprint density at radius 1 is 1.52 bits per heavy atom. The predicted molar refractivity (Wildman–Crippen MR) is 83.2 cm³/mol. The molecule has 0 spiro atoms. The van der Waals surface area contributed by atoms with E-state index in [1.165, 1.54) is 0 Å². The van der Waals surface area contributed by atoms with Gasteiger partial charge in [0.1, 0.15) is 5.75 Å². The van der Waals surface area contributed by atoms with Gasteiger partial charge in [-0.15, -0.1) is 11.6 Å². The first-order chi connectivity index (χ1) is 9.99. The summed E-state index contributed by atoms with van der Waals surface area (Å²) in [5.41, 5.74) is 0. The van der Waals surface area contributed by atoms with Gasteiger partial charge in [-0.3, -0.25) is 4.79 Å². The maximum Gasteiger partial charge on any atom is 0.263 e. The number of carbonyl (C=O) groups is 1. The zero-order chi connectivity index (χ0) is 15.4. The molecule has 0 N–H and O–H groups in total. The lowest BCUT2D eigenvalue weighted by Gasteiger charge is -2.37. The first-order valence-corrected chi connectivity index (χ1v) is 7.83. The average molecular weight is 332 g/mol. The molecule has 6 heteroatoms. The molecule has 1 saturated heterocycles. The summed E-state index contributed by atoms with van der Waals surface area (Å²) in [5, 5.41) is 0.578. The number of morpholine rings is 1. The van der Waals surface area contributed by atoms with Crippen molar-refractivity contribution >= 4 is 29.1 Å². The van der Waals surface area contributed by atoms with Crippen molar-refractivity contribution in [2.45, 2.75) is 32.2 Å². The highest BCUT2D eigenvalue weighted by molar-refractivity contribution is 6.30. The third-order valence-electron chi connectivity index (χ3n) is 3.27. The van der Waals surface area contributed by atoms with E-state index in [0.717, 1.165) is 0 Å². The fraction of sp³-hybridized carbons (Fsp3) is 0.533. The molecule has 1 heterocycles. The quantitative estimate of drug-likeness (QED) is 0.796. The number of nitrogens with zero attached hydrogens (tertiary/aromatic N) is 1. The van der Waals surface area contributed by atoms with Crippen molar-refractivity contribution in [2.75, 3.05) is 19.0 Å². The fourth-order valence-corrected chi connectivity index (χ4v) is 2.71. The largest absolute Gasteiger partial charge is 0.481 e. The van der Waals surface area contributed by atoms with Gasteiger partial charge in [0, 0.05) is 18.1 Å². The molecule has 0 aliphatic carbocycles. The smallest absolute Gasteiger partial charge is 0.263 e. The van der Waals surface area contributed by atoms with Crippen LogP contribution >= 0.6 is 23.2 Å². The maximum atomic E-state index is 12.5. The van der Waals surface area contributed by atoms with E-state index in [9.17, 15) is 4.79 Å². The number of rotatable bonds is 4. The van der Waals surface area contributed by atoms with E-state index >= 15 is 0 Å². The molecule has 0 aromatic heterocycles. The molecule has 1 aromatic rings. The summed E-state index contributed by atoms with van der Waals surface area (Å²) in [6, 6.07) is 7.01. The molecule has 0 radical (unpaired) electrons. The Morgan fingerprint density at radius 2 is 2.29 bits per heavy atom. The average Bonchev–Trinajstić information content (AvgIpc) is 2.45. The second-order valence-electron chi connectivity index (χ2n) is 5.18. The minimum absolute atomic E-state index is 0.0233. The number of hydrogen-bond donors (Lipinski definition) is 0. The van der Waals surface area contributed by atoms with Crippen molar-refractivity contribution in [1.82, 2.24) is 4.90 Å². The first kappa shape index (κ1) is 16.4. The van der Waals surface area contributed by atoms with Crippen molar-refractivity contribution in [3.05, 3.63) is 29.3 Å². The van der Waals surface area contributed by atoms with E-state index in [2.05, 4.69) is 0 Å². The topological polar surface area (TPSA) is 38.8 Å². The molecule has 1 fully saturated rings. The highest BCUT2D eigenvalue weighted by atomic mass is 35.5. The van der Waals surface area contributed by atoms with Crippen LogP contribution in [-0.4, -0.2) is 48.1 Å². The summed E-state index contributed by atoms with van der Waals surface area (Å²) in [6.45, 7) is 4.71. The van der Waals surface area contributed by atoms with Gasteiger partial charge < -0.3 is 14.4 Å². The van der Waals surface area contributed by atoms with E-state index in [0.29, 0.717) is 29.7 Å². The van der Waals surface area contributed by atoms with Crippen LogP contribution in [0.2, 0.25) is 5.02 Å². The number of ether oxygens (including phenoxy) is 2. The Kier molecular flexibility index (Phi) is 5.73. The van der Waals surface area contributed by atoms with Crippen molar-refractivity contribution in [3.63, 3.8) is 0 Å². The summed E-state index contributed by atoms with van der Waals surface area (Å²) in [4.78, 5) is 14.2. The van der Waals surface area contributed by atoms with Gasteiger partial charge in [0.05, 0.1) is 18.1 Å². The second kappa shape index (κ2) is 7.34. The lowest BCUT2D eigenvalue weighted by molar-refractivity contribution is -0.149. The van der Waals surface area contributed by atoms with Crippen LogP contribution < -0.4 is 4.74 Å². The van der Waals surface area contributed by atoms with E-state index in [1.54, 1.807) is 36.1 Å². The van der Waals surface area contributed by atoms with Crippen LogP contribution in [0.15, 0.2) is 24.3 Å². The third kappa shape index (κ3) is 4.50. The molecule has 2 rings (SSSR count). The number of benzene rings is 1. The Bertz CT molecular complexity index is 498. The summed E-state index contributed by atoms with van der Waals surface area (Å²) in [7, 11) is 0. The van der Waals surface area contributed by atoms with Gasteiger partial charge in [-0.05, 0) is 32.0 Å². The molecule has 3 atom stereocenters. The zero-order valence-electron chi connectivity index (χ0n) is 12.1. The third-order valence-corrected chi connectivity index (χ3v) is 3.85. The minimum atomic E-state index is -0.579. The van der Waals surface area contributed by atoms with Crippen molar-refractivity contribution < 1.29 is 14.3 Å². The van der Waals surface area contributed by atoms with E-state index in [1.807, 2.05) is 6.92 Å². The molecule has 21 heavy (non-hydrogen) atoms. The highest BCUT2D eigenvalue weighted by Crippen LogP contribution is 2.20. The number of halogens is 2. The molecule has 3 unspecified atom stereocenters. The van der Waals surface area contributed by atoms with Crippen LogP contribution in [0.1, 0.15) is 13.8 Å². The van der Waals surface area contributed by atoms with Crippen molar-refractivity contribution in [1.29, 1.82) is 0 Å². The Balaban J connectivity index is 1.98. The number of amides is 1. The number of hydrogen-bond acceptors (Lipinski definition) is 3. The Morgan fingerprint density at radius 3 is 2.95 bits per heavy atom. The zero-order valence-corrected chi connectivity index (χ0v) is 13.6. The number of alkyl halides is 1. The van der Waals surface area contributed by atoms with Crippen LogP contribution in [-0.2, 0) is 9.53 Å². The van der Waals surface area contributed by atoms with Crippen LogP contribution in [0.5, 0.6) is 5.75 Å². The summed E-state index contributed by atoms with van der Waals surface area (Å²) in [6.07, 6.45) is -0.729. The van der Waals surface area contributed by atoms with Crippen LogP contribution in [0.25, 0.3) is 0 Å². The molecule has 116 valence electrons. The van der Waals surface area contributed by atoms with Crippen molar-refractivity contribution in [2.24, 2.45) is 0 Å². The maximum absolute atomic E-state index is 12.5. The van der Waals surface area contributed by atoms with Gasteiger partial charge in [0.15, 0.2) is 6.10 Å². The standard InChI is InChI=1S/C15H19Cl2NO3/c1-10-8-18(9-14(7-16)20-10)15(19)11(2)21-13-5-3-4-12(17)6-13/h3-6,10-11,14H,7-9H2,1-2H3. The summed E-state index contributed by atoms with van der Waals surface area (Å²) < 4.78 is 11.3. The highest BCUT2D eigenvalue weighted by Gasteiger charge is 2.31. The van der Waals surface area contributed by atoms with Crippen molar-refractivity contribution in [3.8, 4) is 5.75 Å². The second-order valence-corrected chi connectivity index (χ2v) is 5.93. The number of carbonyl (C=O) groups excluding carboxylic acids is 1. The van der Waals surface area contributed by atoms with Gasteiger partial charge in [-0.2, -0.15) is 0 Å². The van der Waals surface area contributed by atoms with Gasteiger partial charge in [0.25, 0.3) is 5.91 Å². The predicted octanol–water partition coefficient (Wildman–Crippen LogP) is 2.96. The van der Waals surface area contributed by atoms with E-state index in [4.69, 9.17) is 32.7 Å². The first-order valence-electron chi connectivity index (χ1n) is 6.92. The van der Waals surface area contributed by atoms with Gasteiger partial charge in [0.2, 0.25) is 0 Å². The molecule has 1 aromatic carbocycles.